The average Bonchev–Trinajstić information content (AvgIpc) is 3.15. The first-order valence-electron chi connectivity index (χ1n) is 11.1. The molecule has 0 N–H and O–H groups in total. The molecule has 0 atom stereocenters. The van der Waals surface area contributed by atoms with Gasteiger partial charge in [0.1, 0.15) is 4.90 Å². The summed E-state index contributed by atoms with van der Waals surface area (Å²) in [5.74, 6) is -0.600. The number of rotatable bonds is 3. The van der Waals surface area contributed by atoms with Gasteiger partial charge >= 0.3 is 5.69 Å². The fraction of sp³-hybridized carbons (Fsp3) is 0.148. The van der Waals surface area contributed by atoms with E-state index in [2.05, 4.69) is 25.8 Å². The van der Waals surface area contributed by atoms with E-state index in [1.165, 1.54) is 18.3 Å². The van der Waals surface area contributed by atoms with Gasteiger partial charge in [-0.2, -0.15) is 3.97 Å². The van der Waals surface area contributed by atoms with Crippen LogP contribution in [0.3, 0.4) is 0 Å². The largest absolute Gasteiger partial charge is 0.350 e. The van der Waals surface area contributed by atoms with Crippen LogP contribution in [0.2, 0.25) is 0 Å². The van der Waals surface area contributed by atoms with Crippen LogP contribution in [0.1, 0.15) is 36.7 Å². The number of hydrogen-bond donors (Lipinski definition) is 0. The Morgan fingerprint density at radius 3 is 2.17 bits per heavy atom. The summed E-state index contributed by atoms with van der Waals surface area (Å²) in [6.07, 6.45) is 1.50. The Hall–Kier alpha value is -4.04. The second-order valence-electron chi connectivity index (χ2n) is 9.34. The molecule has 2 heterocycles. The first-order valence-corrected chi connectivity index (χ1v) is 12.5. The number of fused-ring (bicyclic) bond motifs is 2. The topological polar surface area (TPSA) is 91.0 Å². The molecule has 0 aliphatic carbocycles. The number of nitrogens with zero attached hydrogens (tertiary/aromatic N) is 3. The smallest absolute Gasteiger partial charge is 0.268 e. The van der Waals surface area contributed by atoms with Crippen LogP contribution in [0.4, 0.5) is 0 Å². The third kappa shape index (κ3) is 3.66. The maximum absolute atomic E-state index is 13.8. The van der Waals surface area contributed by atoms with Crippen LogP contribution in [0.15, 0.2) is 94.7 Å². The molecular formula is C27H23N3O4S. The number of imidazole rings is 1. The monoisotopic (exact) mass is 485 g/mol. The second-order valence-corrected chi connectivity index (χ2v) is 11.1. The summed E-state index contributed by atoms with van der Waals surface area (Å²) in [7, 11) is -4.38. The van der Waals surface area contributed by atoms with Crippen molar-refractivity contribution >= 4 is 37.9 Å². The lowest BCUT2D eigenvalue weighted by Crippen LogP contribution is -2.33. The molecule has 5 rings (SSSR count). The molecule has 8 heteroatoms. The van der Waals surface area contributed by atoms with Crippen molar-refractivity contribution in [3.05, 3.63) is 107 Å². The van der Waals surface area contributed by atoms with E-state index < -0.39 is 21.6 Å². The number of pyridine rings is 1. The third-order valence-corrected chi connectivity index (χ3v) is 7.74. The van der Waals surface area contributed by atoms with Gasteiger partial charge in [-0.3, -0.25) is 9.78 Å². The van der Waals surface area contributed by atoms with Gasteiger partial charge in [0.2, 0.25) is 0 Å². The zero-order chi connectivity index (χ0) is 25.0. The van der Waals surface area contributed by atoms with Gasteiger partial charge in [0.25, 0.3) is 15.9 Å². The Morgan fingerprint density at radius 2 is 1.49 bits per heavy atom. The van der Waals surface area contributed by atoms with Crippen molar-refractivity contribution < 1.29 is 13.2 Å². The van der Waals surface area contributed by atoms with Crippen molar-refractivity contribution in [2.75, 3.05) is 0 Å². The van der Waals surface area contributed by atoms with Crippen molar-refractivity contribution in [1.29, 1.82) is 0 Å². The van der Waals surface area contributed by atoms with E-state index in [-0.39, 0.29) is 32.4 Å². The summed E-state index contributed by atoms with van der Waals surface area (Å²) in [6, 6.07) is 21.6. The van der Waals surface area contributed by atoms with Crippen molar-refractivity contribution in [2.45, 2.75) is 31.1 Å². The summed E-state index contributed by atoms with van der Waals surface area (Å²) >= 11 is 0. The number of benzene rings is 3. The molecule has 35 heavy (non-hydrogen) atoms. The molecule has 176 valence electrons. The Kier molecular flexibility index (Phi) is 5.21. The molecule has 7 nitrogen and oxygen atoms in total. The predicted octanol–water partition coefficient (Wildman–Crippen LogP) is 4.57. The van der Waals surface area contributed by atoms with Crippen molar-refractivity contribution in [2.24, 2.45) is 0 Å². The number of carbonyl (C=O) groups is 1. The number of hydrogen-bond acceptors (Lipinski definition) is 5. The second kappa shape index (κ2) is 8.02. The molecule has 0 radical (unpaired) electrons. The molecule has 5 aromatic rings. The molecule has 0 amide bonds. The van der Waals surface area contributed by atoms with Gasteiger partial charge in [0, 0.05) is 17.1 Å². The normalized spacial score (nSPS) is 12.3. The number of para-hydroxylation sites is 3. The molecule has 0 unspecified atom stereocenters. The van der Waals surface area contributed by atoms with Gasteiger partial charge in [-0.05, 0) is 47.4 Å². The van der Waals surface area contributed by atoms with Crippen LogP contribution in [-0.4, -0.2) is 27.8 Å². The Bertz CT molecular complexity index is 1770. The van der Waals surface area contributed by atoms with Gasteiger partial charge < -0.3 is 0 Å². The van der Waals surface area contributed by atoms with Gasteiger partial charge in [-0.25, -0.2) is 17.8 Å². The summed E-state index contributed by atoms with van der Waals surface area (Å²) in [4.78, 5) is 31.2. The van der Waals surface area contributed by atoms with Gasteiger partial charge in [0.05, 0.1) is 16.6 Å². The summed E-state index contributed by atoms with van der Waals surface area (Å²) in [5, 5.41) is 0.625. The first kappa shape index (κ1) is 22.7. The van der Waals surface area contributed by atoms with Gasteiger partial charge in [0.15, 0.2) is 0 Å². The van der Waals surface area contributed by atoms with Crippen molar-refractivity contribution in [3.8, 4) is 0 Å². The molecule has 0 saturated carbocycles. The lowest BCUT2D eigenvalue weighted by Gasteiger charge is -2.19. The van der Waals surface area contributed by atoms with Crippen LogP contribution in [0, 0.1) is 0 Å². The molecule has 0 aliphatic heterocycles. The van der Waals surface area contributed by atoms with Crippen LogP contribution >= 0.6 is 0 Å². The van der Waals surface area contributed by atoms with Crippen LogP contribution in [-0.2, 0) is 15.4 Å². The maximum atomic E-state index is 13.8. The van der Waals surface area contributed by atoms with E-state index in [4.69, 9.17) is 0 Å². The summed E-state index contributed by atoms with van der Waals surface area (Å²) in [5.41, 5.74) is 0.841. The Labute approximate surface area is 202 Å². The van der Waals surface area contributed by atoms with Crippen LogP contribution in [0.5, 0.6) is 0 Å². The first-order chi connectivity index (χ1) is 16.6. The predicted molar refractivity (Wildman–Crippen MR) is 135 cm³/mol. The number of carbonyl (C=O) groups excluding carboxylic acids is 1. The quantitative estimate of drug-likeness (QED) is 0.373. The third-order valence-electron chi connectivity index (χ3n) is 6.02. The average molecular weight is 486 g/mol. The SMILES string of the molecule is CC(C)(C)c1ccc(C(=O)n2c(=O)n(S(=O)(=O)c3cccc4cccnc34)c3ccccc32)cc1. The Morgan fingerprint density at radius 1 is 0.829 bits per heavy atom. The van der Waals surface area contributed by atoms with Crippen LogP contribution < -0.4 is 5.69 Å². The molecule has 2 aromatic heterocycles. The lowest BCUT2D eigenvalue weighted by molar-refractivity contribution is 0.0960. The minimum Gasteiger partial charge on any atom is -0.268 e. The van der Waals surface area contributed by atoms with E-state index in [9.17, 15) is 18.0 Å². The minimum atomic E-state index is -4.38. The highest BCUT2D eigenvalue weighted by Crippen LogP contribution is 2.26. The van der Waals surface area contributed by atoms with E-state index in [0.29, 0.717) is 9.36 Å². The van der Waals surface area contributed by atoms with Gasteiger partial charge in [-0.1, -0.05) is 63.2 Å². The maximum Gasteiger partial charge on any atom is 0.350 e. The highest BCUT2D eigenvalue weighted by molar-refractivity contribution is 7.90. The van der Waals surface area contributed by atoms with E-state index >= 15 is 0 Å². The standard InChI is InChI=1S/C27H23N3O4S/c1-27(2,3)20-15-13-19(14-16-20)25(31)29-21-10-4-5-11-22(21)30(26(29)32)35(33,34)23-12-6-8-18-9-7-17-28-24(18)23/h4-17H,1-3H3. The molecule has 0 bridgehead atoms. The zero-order valence-electron chi connectivity index (χ0n) is 19.5. The summed E-state index contributed by atoms with van der Waals surface area (Å²) in [6.45, 7) is 6.19. The fourth-order valence-electron chi connectivity index (χ4n) is 4.18. The number of aromatic nitrogens is 3. The molecule has 0 spiro atoms. The zero-order valence-corrected chi connectivity index (χ0v) is 20.3. The Balaban J connectivity index is 1.73. The van der Waals surface area contributed by atoms with Crippen LogP contribution in [0.25, 0.3) is 21.9 Å². The fourth-order valence-corrected chi connectivity index (χ4v) is 5.74. The summed E-state index contributed by atoms with van der Waals surface area (Å²) < 4.78 is 29.2. The molecule has 0 saturated heterocycles. The van der Waals surface area contributed by atoms with E-state index in [0.717, 1.165) is 10.1 Å². The molecule has 0 fully saturated rings. The minimum absolute atomic E-state index is 0.102. The lowest BCUT2D eigenvalue weighted by atomic mass is 9.87. The highest BCUT2D eigenvalue weighted by Gasteiger charge is 2.29. The van der Waals surface area contributed by atoms with Crippen molar-refractivity contribution in [1.82, 2.24) is 13.5 Å². The molecule has 0 aliphatic rings. The van der Waals surface area contributed by atoms with E-state index in [1.807, 2.05) is 12.1 Å². The van der Waals surface area contributed by atoms with Crippen molar-refractivity contribution in [3.63, 3.8) is 0 Å². The highest BCUT2D eigenvalue weighted by atomic mass is 32.2. The molecular weight excluding hydrogens is 462 g/mol. The van der Waals surface area contributed by atoms with E-state index in [1.54, 1.807) is 54.6 Å². The molecule has 3 aromatic carbocycles. The van der Waals surface area contributed by atoms with Gasteiger partial charge in [-0.15, -0.1) is 0 Å².